The smallest absolute Gasteiger partial charge is 0.291 e. The Kier molecular flexibility index (Phi) is 4.31. The Morgan fingerprint density at radius 1 is 1.19 bits per heavy atom. The Balaban J connectivity index is 1.42. The molecule has 1 aliphatic carbocycles. The van der Waals surface area contributed by atoms with Crippen molar-refractivity contribution < 1.29 is 9.59 Å². The molecule has 1 unspecified atom stereocenters. The van der Waals surface area contributed by atoms with Crippen LogP contribution in [0.4, 0.5) is 5.69 Å². The van der Waals surface area contributed by atoms with Crippen LogP contribution in [0.3, 0.4) is 0 Å². The summed E-state index contributed by atoms with van der Waals surface area (Å²) in [6.07, 6.45) is 3.57. The van der Waals surface area contributed by atoms with E-state index in [1.807, 2.05) is 38.1 Å². The van der Waals surface area contributed by atoms with Crippen LogP contribution in [0.1, 0.15) is 47.7 Å². The first-order chi connectivity index (χ1) is 13.0. The summed E-state index contributed by atoms with van der Waals surface area (Å²) >= 11 is 0. The van der Waals surface area contributed by atoms with Gasteiger partial charge in [-0.15, -0.1) is 5.10 Å². The molecule has 3 aromatic rings. The van der Waals surface area contributed by atoms with Crippen LogP contribution in [-0.2, 0) is 4.79 Å². The van der Waals surface area contributed by atoms with E-state index in [-0.39, 0.29) is 29.6 Å². The molecule has 138 valence electrons. The highest BCUT2D eigenvalue weighted by atomic mass is 16.2. The van der Waals surface area contributed by atoms with Crippen molar-refractivity contribution in [3.63, 3.8) is 0 Å². The number of hydrogen-bond donors (Lipinski definition) is 2. The van der Waals surface area contributed by atoms with Crippen LogP contribution < -0.4 is 10.6 Å². The fourth-order valence-corrected chi connectivity index (χ4v) is 2.79. The van der Waals surface area contributed by atoms with Crippen molar-refractivity contribution in [3.8, 4) is 0 Å². The summed E-state index contributed by atoms with van der Waals surface area (Å²) in [4.78, 5) is 32.6. The Morgan fingerprint density at radius 2 is 1.93 bits per heavy atom. The molecule has 4 rings (SSSR count). The molecule has 2 heterocycles. The predicted octanol–water partition coefficient (Wildman–Crippen LogP) is 2.27. The number of amides is 2. The molecular formula is C19H20N6O2. The van der Waals surface area contributed by atoms with Crippen molar-refractivity contribution in [2.24, 2.45) is 5.92 Å². The second-order valence-corrected chi connectivity index (χ2v) is 6.81. The number of aryl methyl sites for hydroxylation is 1. The monoisotopic (exact) mass is 364 g/mol. The third kappa shape index (κ3) is 3.64. The lowest BCUT2D eigenvalue weighted by atomic mass is 10.1. The van der Waals surface area contributed by atoms with E-state index in [0.717, 1.165) is 29.8 Å². The standard InChI is InChI=1S/C19H20N6O2/c1-11-9-10-20-19-23-16(24-25(11)19)18(27)21-12(2)13-5-7-15(8-6-13)22-17(26)14-3-4-14/h5-10,12,14H,3-4H2,1-2H3,(H,21,27)(H,22,26). The summed E-state index contributed by atoms with van der Waals surface area (Å²) in [5.41, 5.74) is 2.53. The Hall–Kier alpha value is -3.29. The molecule has 0 saturated heterocycles. The van der Waals surface area contributed by atoms with E-state index in [0.29, 0.717) is 5.78 Å². The van der Waals surface area contributed by atoms with E-state index < -0.39 is 0 Å². The molecule has 1 aliphatic rings. The summed E-state index contributed by atoms with van der Waals surface area (Å²) in [6.45, 7) is 3.76. The molecule has 0 aliphatic heterocycles. The highest BCUT2D eigenvalue weighted by molar-refractivity contribution is 5.94. The molecule has 2 N–H and O–H groups in total. The van der Waals surface area contributed by atoms with Gasteiger partial charge in [-0.05, 0) is 50.5 Å². The molecule has 1 aromatic carbocycles. The van der Waals surface area contributed by atoms with Gasteiger partial charge in [0.15, 0.2) is 0 Å². The molecule has 27 heavy (non-hydrogen) atoms. The zero-order valence-electron chi connectivity index (χ0n) is 15.1. The fourth-order valence-electron chi connectivity index (χ4n) is 2.79. The number of benzene rings is 1. The summed E-state index contributed by atoms with van der Waals surface area (Å²) in [5.74, 6) is 0.351. The van der Waals surface area contributed by atoms with Crippen molar-refractivity contribution in [2.45, 2.75) is 32.7 Å². The van der Waals surface area contributed by atoms with E-state index >= 15 is 0 Å². The lowest BCUT2D eigenvalue weighted by Gasteiger charge is -2.14. The number of carbonyl (C=O) groups is 2. The van der Waals surface area contributed by atoms with E-state index in [4.69, 9.17) is 0 Å². The molecule has 8 heteroatoms. The van der Waals surface area contributed by atoms with Crippen molar-refractivity contribution in [1.29, 1.82) is 0 Å². The van der Waals surface area contributed by atoms with Crippen molar-refractivity contribution in [3.05, 3.63) is 53.6 Å². The minimum absolute atomic E-state index is 0.0749. The van der Waals surface area contributed by atoms with Gasteiger partial charge in [0.1, 0.15) is 0 Å². The van der Waals surface area contributed by atoms with Crippen LogP contribution in [-0.4, -0.2) is 31.4 Å². The molecule has 8 nitrogen and oxygen atoms in total. The van der Waals surface area contributed by atoms with E-state index in [9.17, 15) is 9.59 Å². The molecule has 0 bridgehead atoms. The fraction of sp³-hybridized carbons (Fsp3) is 0.316. The lowest BCUT2D eigenvalue weighted by Crippen LogP contribution is -2.27. The molecule has 0 spiro atoms. The number of hydrogen-bond acceptors (Lipinski definition) is 5. The third-order valence-corrected chi connectivity index (χ3v) is 4.61. The quantitative estimate of drug-likeness (QED) is 0.723. The third-order valence-electron chi connectivity index (χ3n) is 4.61. The number of nitrogens with one attached hydrogen (secondary N) is 2. The number of rotatable bonds is 5. The van der Waals surface area contributed by atoms with Gasteiger partial charge in [-0.2, -0.15) is 4.98 Å². The minimum atomic E-state index is -0.362. The van der Waals surface area contributed by atoms with Gasteiger partial charge in [0, 0.05) is 23.5 Å². The molecule has 0 radical (unpaired) electrons. The number of nitrogens with zero attached hydrogens (tertiary/aromatic N) is 4. The maximum absolute atomic E-state index is 12.5. The molecule has 1 atom stereocenters. The van der Waals surface area contributed by atoms with Crippen LogP contribution in [0.5, 0.6) is 0 Å². The maximum atomic E-state index is 12.5. The van der Waals surface area contributed by atoms with E-state index in [1.165, 1.54) is 4.52 Å². The SMILES string of the molecule is Cc1ccnc2nc(C(=O)NC(C)c3ccc(NC(=O)C4CC4)cc3)nn12. The van der Waals surface area contributed by atoms with E-state index in [1.54, 1.807) is 12.3 Å². The molecule has 2 amide bonds. The highest BCUT2D eigenvalue weighted by Gasteiger charge is 2.29. The summed E-state index contributed by atoms with van der Waals surface area (Å²) < 4.78 is 1.54. The lowest BCUT2D eigenvalue weighted by molar-refractivity contribution is -0.117. The summed E-state index contributed by atoms with van der Waals surface area (Å²) in [7, 11) is 0. The van der Waals surface area contributed by atoms with Gasteiger partial charge >= 0.3 is 0 Å². The first kappa shape index (κ1) is 17.1. The second-order valence-electron chi connectivity index (χ2n) is 6.81. The predicted molar refractivity (Wildman–Crippen MR) is 99.2 cm³/mol. The maximum Gasteiger partial charge on any atom is 0.291 e. The highest BCUT2D eigenvalue weighted by Crippen LogP contribution is 2.30. The molecule has 2 aromatic heterocycles. The van der Waals surface area contributed by atoms with Gasteiger partial charge in [0.05, 0.1) is 6.04 Å². The van der Waals surface area contributed by atoms with Gasteiger partial charge in [0.2, 0.25) is 11.7 Å². The first-order valence-corrected chi connectivity index (χ1v) is 8.91. The first-order valence-electron chi connectivity index (χ1n) is 8.91. The minimum Gasteiger partial charge on any atom is -0.343 e. The Labute approximate surface area is 156 Å². The molecule has 1 fully saturated rings. The zero-order valence-corrected chi connectivity index (χ0v) is 15.1. The zero-order chi connectivity index (χ0) is 19.0. The molecular weight excluding hydrogens is 344 g/mol. The van der Waals surface area contributed by atoms with Crippen molar-refractivity contribution in [2.75, 3.05) is 5.32 Å². The van der Waals surface area contributed by atoms with Crippen LogP contribution in [0, 0.1) is 12.8 Å². The molecule has 1 saturated carbocycles. The summed E-state index contributed by atoms with van der Waals surface area (Å²) in [5, 5.41) is 10.0. The summed E-state index contributed by atoms with van der Waals surface area (Å²) in [6, 6.07) is 9.03. The second kappa shape index (κ2) is 6.79. The Morgan fingerprint density at radius 3 is 2.59 bits per heavy atom. The topological polar surface area (TPSA) is 101 Å². The van der Waals surface area contributed by atoms with Crippen LogP contribution in [0.2, 0.25) is 0 Å². The average molecular weight is 364 g/mol. The van der Waals surface area contributed by atoms with E-state index in [2.05, 4.69) is 25.7 Å². The van der Waals surface area contributed by atoms with Crippen LogP contribution in [0.15, 0.2) is 36.5 Å². The average Bonchev–Trinajstić information content (AvgIpc) is 3.41. The van der Waals surface area contributed by atoms with Crippen molar-refractivity contribution in [1.82, 2.24) is 24.9 Å². The number of carbonyl (C=O) groups excluding carboxylic acids is 2. The van der Waals surface area contributed by atoms with Gasteiger partial charge in [-0.1, -0.05) is 12.1 Å². The number of fused-ring (bicyclic) bond motifs is 1. The van der Waals surface area contributed by atoms with Crippen LogP contribution >= 0.6 is 0 Å². The Bertz CT molecular complexity index is 1010. The van der Waals surface area contributed by atoms with Gasteiger partial charge < -0.3 is 10.6 Å². The van der Waals surface area contributed by atoms with Gasteiger partial charge in [-0.3, -0.25) is 9.59 Å². The number of anilines is 1. The van der Waals surface area contributed by atoms with Gasteiger partial charge in [-0.25, -0.2) is 9.50 Å². The van der Waals surface area contributed by atoms with Crippen molar-refractivity contribution >= 4 is 23.3 Å². The largest absolute Gasteiger partial charge is 0.343 e. The normalized spacial score (nSPS) is 14.7. The van der Waals surface area contributed by atoms with Gasteiger partial charge in [0.25, 0.3) is 11.7 Å². The van der Waals surface area contributed by atoms with Crippen LogP contribution in [0.25, 0.3) is 5.78 Å². The number of aromatic nitrogens is 4.